The second-order valence-electron chi connectivity index (χ2n) is 2.77. The van der Waals surface area contributed by atoms with Crippen LogP contribution >= 0.6 is 0 Å². The van der Waals surface area contributed by atoms with Gasteiger partial charge in [-0.3, -0.25) is 0 Å². The molecule has 1 aromatic heterocycles. The van der Waals surface area contributed by atoms with Gasteiger partial charge in [-0.25, -0.2) is 4.79 Å². The van der Waals surface area contributed by atoms with E-state index >= 15 is 0 Å². The fraction of sp³-hybridized carbons (Fsp3) is 0.300. The number of carboxylic acids is 1. The van der Waals surface area contributed by atoms with E-state index in [9.17, 15) is 4.79 Å². The Balaban J connectivity index is 2.66. The highest BCUT2D eigenvalue weighted by molar-refractivity contribution is 5.84. The zero-order valence-corrected chi connectivity index (χ0v) is 7.90. The Morgan fingerprint density at radius 2 is 2.50 bits per heavy atom. The van der Waals surface area contributed by atoms with E-state index in [0.717, 1.165) is 0 Å². The van der Waals surface area contributed by atoms with Crippen molar-refractivity contribution >= 4 is 5.97 Å². The Morgan fingerprint density at radius 1 is 1.79 bits per heavy atom. The lowest BCUT2D eigenvalue weighted by molar-refractivity contribution is 0.0599. The summed E-state index contributed by atoms with van der Waals surface area (Å²) in [6.45, 7) is 5.70. The SMILES string of the molecule is C=CCOC(C)c1ccc(C(=O)O)o1. The standard InChI is InChI=1S/C10H12O4/c1-3-6-13-7(2)8-4-5-9(14-8)10(11)12/h3-5,7H,1,6H2,2H3,(H,11,12). The van der Waals surface area contributed by atoms with Crippen LogP contribution in [0, 0.1) is 0 Å². The Hall–Kier alpha value is -1.55. The predicted molar refractivity (Wildman–Crippen MR) is 50.2 cm³/mol. The number of hydrogen-bond acceptors (Lipinski definition) is 3. The topological polar surface area (TPSA) is 59.7 Å². The molecule has 1 aromatic rings. The summed E-state index contributed by atoms with van der Waals surface area (Å²) in [6.07, 6.45) is 1.36. The number of carboxylic acid groups (broad SMARTS) is 1. The smallest absolute Gasteiger partial charge is 0.371 e. The van der Waals surface area contributed by atoms with Gasteiger partial charge in [-0.1, -0.05) is 6.08 Å². The molecule has 0 saturated carbocycles. The van der Waals surface area contributed by atoms with Crippen molar-refractivity contribution in [2.45, 2.75) is 13.0 Å². The van der Waals surface area contributed by atoms with Gasteiger partial charge >= 0.3 is 5.97 Å². The molecule has 0 radical (unpaired) electrons. The Bertz CT molecular complexity index is 327. The van der Waals surface area contributed by atoms with Gasteiger partial charge in [0, 0.05) is 0 Å². The fourth-order valence-electron chi connectivity index (χ4n) is 0.981. The van der Waals surface area contributed by atoms with E-state index < -0.39 is 5.97 Å². The molecular formula is C10H12O4. The van der Waals surface area contributed by atoms with E-state index in [2.05, 4.69) is 6.58 Å². The monoisotopic (exact) mass is 196 g/mol. The second-order valence-corrected chi connectivity index (χ2v) is 2.77. The molecule has 0 saturated heterocycles. The molecule has 4 nitrogen and oxygen atoms in total. The lowest BCUT2D eigenvalue weighted by Crippen LogP contribution is -1.98. The van der Waals surface area contributed by atoms with E-state index in [0.29, 0.717) is 12.4 Å². The number of carbonyl (C=O) groups is 1. The summed E-state index contributed by atoms with van der Waals surface area (Å²) in [7, 11) is 0. The van der Waals surface area contributed by atoms with Gasteiger partial charge in [0.2, 0.25) is 5.76 Å². The number of ether oxygens (including phenoxy) is 1. The molecule has 0 aliphatic carbocycles. The Morgan fingerprint density at radius 3 is 3.00 bits per heavy atom. The van der Waals surface area contributed by atoms with Crippen LogP contribution in [-0.4, -0.2) is 17.7 Å². The van der Waals surface area contributed by atoms with E-state index in [1.54, 1.807) is 19.1 Å². The number of furan rings is 1. The average Bonchev–Trinajstić information content (AvgIpc) is 2.62. The highest BCUT2D eigenvalue weighted by Gasteiger charge is 2.13. The molecule has 14 heavy (non-hydrogen) atoms. The molecule has 1 unspecified atom stereocenters. The van der Waals surface area contributed by atoms with Crippen molar-refractivity contribution in [1.82, 2.24) is 0 Å². The quantitative estimate of drug-likeness (QED) is 0.733. The van der Waals surface area contributed by atoms with Gasteiger partial charge in [0.15, 0.2) is 0 Å². The molecule has 0 aliphatic heterocycles. The first-order chi connectivity index (χ1) is 6.65. The first-order valence-electron chi connectivity index (χ1n) is 4.20. The van der Waals surface area contributed by atoms with Crippen molar-refractivity contribution in [3.8, 4) is 0 Å². The van der Waals surface area contributed by atoms with Crippen molar-refractivity contribution in [3.63, 3.8) is 0 Å². The average molecular weight is 196 g/mol. The third-order valence-electron chi connectivity index (χ3n) is 1.70. The van der Waals surface area contributed by atoms with Crippen LogP contribution in [0.5, 0.6) is 0 Å². The molecule has 76 valence electrons. The molecule has 4 heteroatoms. The van der Waals surface area contributed by atoms with Gasteiger partial charge in [0.05, 0.1) is 6.61 Å². The summed E-state index contributed by atoms with van der Waals surface area (Å²) in [6, 6.07) is 3.00. The van der Waals surface area contributed by atoms with Crippen LogP contribution in [0.4, 0.5) is 0 Å². The molecule has 0 aliphatic rings. The molecule has 0 aromatic carbocycles. The zero-order valence-electron chi connectivity index (χ0n) is 7.90. The summed E-state index contributed by atoms with van der Waals surface area (Å²) in [4.78, 5) is 10.5. The largest absolute Gasteiger partial charge is 0.475 e. The van der Waals surface area contributed by atoms with E-state index in [4.69, 9.17) is 14.3 Å². The summed E-state index contributed by atoms with van der Waals surface area (Å²) >= 11 is 0. The van der Waals surface area contributed by atoms with Crippen LogP contribution in [0.25, 0.3) is 0 Å². The first kappa shape index (κ1) is 10.5. The molecule has 0 fully saturated rings. The Kier molecular flexibility index (Phi) is 3.48. The molecule has 0 bridgehead atoms. The van der Waals surface area contributed by atoms with Gasteiger partial charge in [-0.05, 0) is 19.1 Å². The second kappa shape index (κ2) is 4.62. The van der Waals surface area contributed by atoms with Crippen LogP contribution in [0.2, 0.25) is 0 Å². The third kappa shape index (κ3) is 2.47. The maximum absolute atomic E-state index is 10.5. The van der Waals surface area contributed by atoms with E-state index in [1.807, 2.05) is 0 Å². The van der Waals surface area contributed by atoms with Crippen molar-refractivity contribution < 1.29 is 19.1 Å². The molecule has 1 N–H and O–H groups in total. The first-order valence-corrected chi connectivity index (χ1v) is 4.20. The van der Waals surface area contributed by atoms with Crippen LogP contribution in [-0.2, 0) is 4.74 Å². The minimum Gasteiger partial charge on any atom is -0.475 e. The number of rotatable bonds is 5. The minimum absolute atomic E-state index is 0.0750. The highest BCUT2D eigenvalue weighted by atomic mass is 16.5. The molecule has 0 amide bonds. The van der Waals surface area contributed by atoms with Crippen LogP contribution < -0.4 is 0 Å². The number of aromatic carboxylic acids is 1. The van der Waals surface area contributed by atoms with Crippen molar-refractivity contribution in [2.75, 3.05) is 6.61 Å². The molecule has 1 atom stereocenters. The van der Waals surface area contributed by atoms with Crippen LogP contribution in [0.1, 0.15) is 29.3 Å². The maximum atomic E-state index is 10.5. The van der Waals surface area contributed by atoms with Gasteiger partial charge in [-0.2, -0.15) is 0 Å². The molecule has 1 rings (SSSR count). The summed E-state index contributed by atoms with van der Waals surface area (Å²) in [5.74, 6) is -0.648. The lowest BCUT2D eigenvalue weighted by Gasteiger charge is -2.07. The molecule has 1 heterocycles. The normalized spacial score (nSPS) is 12.4. The zero-order chi connectivity index (χ0) is 10.6. The van der Waals surface area contributed by atoms with Gasteiger partial charge in [0.25, 0.3) is 0 Å². The predicted octanol–water partition coefficient (Wildman–Crippen LogP) is 2.24. The van der Waals surface area contributed by atoms with Crippen molar-refractivity contribution in [3.05, 3.63) is 36.3 Å². The van der Waals surface area contributed by atoms with Gasteiger partial charge in [0.1, 0.15) is 11.9 Å². The maximum Gasteiger partial charge on any atom is 0.371 e. The fourth-order valence-corrected chi connectivity index (χ4v) is 0.981. The summed E-state index contributed by atoms with van der Waals surface area (Å²) in [5, 5.41) is 8.61. The van der Waals surface area contributed by atoms with Gasteiger partial charge < -0.3 is 14.3 Å². The third-order valence-corrected chi connectivity index (χ3v) is 1.70. The van der Waals surface area contributed by atoms with Gasteiger partial charge in [-0.15, -0.1) is 6.58 Å². The minimum atomic E-state index is -1.08. The van der Waals surface area contributed by atoms with E-state index in [1.165, 1.54) is 6.07 Å². The van der Waals surface area contributed by atoms with Crippen molar-refractivity contribution in [1.29, 1.82) is 0 Å². The van der Waals surface area contributed by atoms with Crippen LogP contribution in [0.3, 0.4) is 0 Å². The Labute approximate surface area is 81.8 Å². The summed E-state index contributed by atoms with van der Waals surface area (Å²) in [5.41, 5.74) is 0. The highest BCUT2D eigenvalue weighted by Crippen LogP contribution is 2.19. The van der Waals surface area contributed by atoms with Crippen molar-refractivity contribution in [2.24, 2.45) is 0 Å². The molecule has 0 spiro atoms. The van der Waals surface area contributed by atoms with Crippen LogP contribution in [0.15, 0.2) is 29.2 Å². The molecular weight excluding hydrogens is 184 g/mol. The number of hydrogen-bond donors (Lipinski definition) is 1. The van der Waals surface area contributed by atoms with E-state index in [-0.39, 0.29) is 11.9 Å². The lowest BCUT2D eigenvalue weighted by atomic mass is 10.3. The summed E-state index contributed by atoms with van der Waals surface area (Å²) < 4.78 is 10.3.